The van der Waals surface area contributed by atoms with E-state index in [4.69, 9.17) is 5.73 Å². The van der Waals surface area contributed by atoms with E-state index < -0.39 is 0 Å². The molecule has 0 unspecified atom stereocenters. The average molecular weight is 233 g/mol. The van der Waals surface area contributed by atoms with E-state index in [0.29, 0.717) is 12.1 Å². The lowest BCUT2D eigenvalue weighted by Gasteiger charge is -2.07. The van der Waals surface area contributed by atoms with Gasteiger partial charge in [-0.25, -0.2) is 4.39 Å². The van der Waals surface area contributed by atoms with Gasteiger partial charge in [0.15, 0.2) is 0 Å². The Morgan fingerprint density at radius 2 is 2.12 bits per heavy atom. The van der Waals surface area contributed by atoms with Crippen LogP contribution in [-0.2, 0) is 13.5 Å². The van der Waals surface area contributed by atoms with E-state index in [9.17, 15) is 4.39 Å². The van der Waals surface area contributed by atoms with Crippen molar-refractivity contribution in [2.45, 2.75) is 12.8 Å². The Bertz CT molecular complexity index is 505. The molecular weight excluding hydrogens is 217 g/mol. The van der Waals surface area contributed by atoms with Gasteiger partial charge in [-0.15, -0.1) is 0 Å². The smallest absolute Gasteiger partial charge is 0.132 e. The first-order valence-corrected chi connectivity index (χ1v) is 5.70. The third-order valence-electron chi connectivity index (χ3n) is 2.79. The molecule has 0 saturated heterocycles. The number of benzene rings is 1. The Balaban J connectivity index is 2.44. The lowest BCUT2D eigenvalue weighted by atomic mass is 10.0. The predicted octanol–water partition coefficient (Wildman–Crippen LogP) is 2.12. The van der Waals surface area contributed by atoms with Gasteiger partial charge in [0.2, 0.25) is 0 Å². The van der Waals surface area contributed by atoms with E-state index in [1.807, 2.05) is 13.1 Å². The lowest BCUT2D eigenvalue weighted by Crippen LogP contribution is -2.02. The highest BCUT2D eigenvalue weighted by Crippen LogP contribution is 2.26. The summed E-state index contributed by atoms with van der Waals surface area (Å²) in [6, 6.07) is 6.76. The van der Waals surface area contributed by atoms with Crippen LogP contribution in [0.15, 0.2) is 30.5 Å². The summed E-state index contributed by atoms with van der Waals surface area (Å²) >= 11 is 0. The van der Waals surface area contributed by atoms with E-state index >= 15 is 0 Å². The average Bonchev–Trinajstić information content (AvgIpc) is 2.69. The molecule has 2 N–H and O–H groups in total. The second-order valence-electron chi connectivity index (χ2n) is 4.01. The third-order valence-corrected chi connectivity index (χ3v) is 2.79. The molecule has 1 heterocycles. The van der Waals surface area contributed by atoms with Crippen molar-refractivity contribution < 1.29 is 4.39 Å². The quantitative estimate of drug-likeness (QED) is 0.879. The molecule has 0 aliphatic carbocycles. The van der Waals surface area contributed by atoms with Crippen molar-refractivity contribution in [3.05, 3.63) is 41.8 Å². The minimum Gasteiger partial charge on any atom is -0.330 e. The molecule has 0 fully saturated rings. The van der Waals surface area contributed by atoms with Crippen molar-refractivity contribution in [1.29, 1.82) is 0 Å². The molecule has 0 amide bonds. The van der Waals surface area contributed by atoms with Crippen LogP contribution in [0.5, 0.6) is 0 Å². The fourth-order valence-corrected chi connectivity index (χ4v) is 1.96. The number of nitrogens with two attached hydrogens (primary N) is 1. The van der Waals surface area contributed by atoms with E-state index in [0.717, 1.165) is 24.1 Å². The van der Waals surface area contributed by atoms with Crippen molar-refractivity contribution in [3.8, 4) is 11.3 Å². The van der Waals surface area contributed by atoms with Crippen LogP contribution in [0.3, 0.4) is 0 Å². The SMILES string of the molecule is Cn1ncc(CCCN)c1-c1ccccc1F. The molecule has 1 aromatic carbocycles. The van der Waals surface area contributed by atoms with Gasteiger partial charge in [-0.1, -0.05) is 12.1 Å². The van der Waals surface area contributed by atoms with E-state index in [1.54, 1.807) is 23.0 Å². The van der Waals surface area contributed by atoms with Crippen molar-refractivity contribution in [3.63, 3.8) is 0 Å². The molecule has 0 spiro atoms. The number of nitrogens with zero attached hydrogens (tertiary/aromatic N) is 2. The normalized spacial score (nSPS) is 10.8. The first kappa shape index (κ1) is 11.8. The van der Waals surface area contributed by atoms with Crippen LogP contribution in [0.4, 0.5) is 4.39 Å². The van der Waals surface area contributed by atoms with Gasteiger partial charge in [0.25, 0.3) is 0 Å². The molecule has 0 saturated carbocycles. The van der Waals surface area contributed by atoms with Gasteiger partial charge in [0, 0.05) is 12.6 Å². The number of rotatable bonds is 4. The Hall–Kier alpha value is -1.68. The Morgan fingerprint density at radius 3 is 2.82 bits per heavy atom. The maximum absolute atomic E-state index is 13.8. The summed E-state index contributed by atoms with van der Waals surface area (Å²) in [7, 11) is 1.83. The Morgan fingerprint density at radius 1 is 1.35 bits per heavy atom. The van der Waals surface area contributed by atoms with Crippen LogP contribution < -0.4 is 5.73 Å². The standard InChI is InChI=1S/C13H16FN3/c1-17-13(10(9-16-17)5-4-8-15)11-6-2-3-7-12(11)14/h2-3,6-7,9H,4-5,8,15H2,1H3. The van der Waals surface area contributed by atoms with Crippen LogP contribution in [0.25, 0.3) is 11.3 Å². The van der Waals surface area contributed by atoms with Gasteiger partial charge < -0.3 is 5.73 Å². The Labute approximate surface area is 100 Å². The molecule has 0 aliphatic rings. The lowest BCUT2D eigenvalue weighted by molar-refractivity contribution is 0.627. The molecule has 90 valence electrons. The Kier molecular flexibility index (Phi) is 3.54. The van der Waals surface area contributed by atoms with Crippen LogP contribution in [0, 0.1) is 5.82 Å². The fourth-order valence-electron chi connectivity index (χ4n) is 1.96. The van der Waals surface area contributed by atoms with Gasteiger partial charge in [-0.3, -0.25) is 4.68 Å². The first-order valence-electron chi connectivity index (χ1n) is 5.70. The van der Waals surface area contributed by atoms with Gasteiger partial charge in [-0.05, 0) is 37.1 Å². The zero-order chi connectivity index (χ0) is 12.3. The maximum Gasteiger partial charge on any atom is 0.132 e. The zero-order valence-electron chi connectivity index (χ0n) is 9.86. The number of aryl methyl sites for hydroxylation is 2. The summed E-state index contributed by atoms with van der Waals surface area (Å²) in [4.78, 5) is 0. The number of halogens is 1. The predicted molar refractivity (Wildman–Crippen MR) is 66.0 cm³/mol. The summed E-state index contributed by atoms with van der Waals surface area (Å²) in [5, 5.41) is 4.20. The molecule has 2 rings (SSSR count). The molecule has 0 aliphatic heterocycles. The summed E-state index contributed by atoms with van der Waals surface area (Å²) in [5.74, 6) is -0.218. The molecule has 0 radical (unpaired) electrons. The first-order chi connectivity index (χ1) is 8.24. The highest BCUT2D eigenvalue weighted by molar-refractivity contribution is 5.64. The second kappa shape index (κ2) is 5.10. The summed E-state index contributed by atoms with van der Waals surface area (Å²) in [6.07, 6.45) is 3.50. The molecule has 2 aromatic rings. The van der Waals surface area contributed by atoms with Crippen LogP contribution in [-0.4, -0.2) is 16.3 Å². The third kappa shape index (κ3) is 2.36. The van der Waals surface area contributed by atoms with Gasteiger partial charge >= 0.3 is 0 Å². The molecule has 0 atom stereocenters. The van der Waals surface area contributed by atoms with Crippen molar-refractivity contribution in [2.75, 3.05) is 6.54 Å². The van der Waals surface area contributed by atoms with Crippen molar-refractivity contribution in [1.82, 2.24) is 9.78 Å². The van der Waals surface area contributed by atoms with E-state index in [-0.39, 0.29) is 5.82 Å². The monoisotopic (exact) mass is 233 g/mol. The largest absolute Gasteiger partial charge is 0.330 e. The van der Waals surface area contributed by atoms with E-state index in [2.05, 4.69) is 5.10 Å². The molecule has 4 heteroatoms. The number of aromatic nitrogens is 2. The highest BCUT2D eigenvalue weighted by atomic mass is 19.1. The molecule has 17 heavy (non-hydrogen) atoms. The fraction of sp³-hybridized carbons (Fsp3) is 0.308. The van der Waals surface area contributed by atoms with Gasteiger partial charge in [0.05, 0.1) is 11.9 Å². The number of hydrogen-bond donors (Lipinski definition) is 1. The van der Waals surface area contributed by atoms with Crippen LogP contribution >= 0.6 is 0 Å². The molecular formula is C13H16FN3. The summed E-state index contributed by atoms with van der Waals surface area (Å²) in [6.45, 7) is 0.631. The van der Waals surface area contributed by atoms with Gasteiger partial charge in [0.1, 0.15) is 5.82 Å². The second-order valence-corrected chi connectivity index (χ2v) is 4.01. The summed E-state index contributed by atoms with van der Waals surface area (Å²) < 4.78 is 15.5. The van der Waals surface area contributed by atoms with Crippen molar-refractivity contribution >= 4 is 0 Å². The topological polar surface area (TPSA) is 43.8 Å². The zero-order valence-corrected chi connectivity index (χ0v) is 9.86. The van der Waals surface area contributed by atoms with Gasteiger partial charge in [-0.2, -0.15) is 5.10 Å². The number of hydrogen-bond acceptors (Lipinski definition) is 2. The molecule has 3 nitrogen and oxygen atoms in total. The highest BCUT2D eigenvalue weighted by Gasteiger charge is 2.13. The van der Waals surface area contributed by atoms with Crippen LogP contribution in [0.1, 0.15) is 12.0 Å². The molecule has 0 bridgehead atoms. The maximum atomic E-state index is 13.8. The molecule has 1 aromatic heterocycles. The minimum absolute atomic E-state index is 0.218. The van der Waals surface area contributed by atoms with Crippen LogP contribution in [0.2, 0.25) is 0 Å². The van der Waals surface area contributed by atoms with Crippen molar-refractivity contribution in [2.24, 2.45) is 12.8 Å². The summed E-state index contributed by atoms with van der Waals surface area (Å²) in [5.41, 5.74) is 7.99. The minimum atomic E-state index is -0.218. The van der Waals surface area contributed by atoms with E-state index in [1.165, 1.54) is 6.07 Å².